The SMILES string of the molecule is CCc1ccc(C(=O)Nc2ccc([C@H]3SCC(=O)N3c3cccc(CC)c3)cc2)cc1. The smallest absolute Gasteiger partial charge is 0.255 e. The molecule has 0 unspecified atom stereocenters. The number of nitrogens with one attached hydrogen (secondary N) is 1. The third-order valence-electron chi connectivity index (χ3n) is 5.54. The highest BCUT2D eigenvalue weighted by Crippen LogP contribution is 2.42. The van der Waals surface area contributed by atoms with Gasteiger partial charge < -0.3 is 5.32 Å². The van der Waals surface area contributed by atoms with Gasteiger partial charge in [-0.3, -0.25) is 14.5 Å². The van der Waals surface area contributed by atoms with Gasteiger partial charge >= 0.3 is 0 Å². The van der Waals surface area contributed by atoms with Crippen LogP contribution < -0.4 is 10.2 Å². The fourth-order valence-corrected chi connectivity index (χ4v) is 4.88. The van der Waals surface area contributed by atoms with E-state index in [0.29, 0.717) is 11.3 Å². The van der Waals surface area contributed by atoms with Crippen molar-refractivity contribution in [1.29, 1.82) is 0 Å². The summed E-state index contributed by atoms with van der Waals surface area (Å²) in [7, 11) is 0. The van der Waals surface area contributed by atoms with Gasteiger partial charge in [-0.2, -0.15) is 0 Å². The molecule has 1 atom stereocenters. The van der Waals surface area contributed by atoms with Gasteiger partial charge in [-0.1, -0.05) is 50.2 Å². The van der Waals surface area contributed by atoms with Gasteiger partial charge in [0.1, 0.15) is 5.37 Å². The number of rotatable bonds is 6. The molecule has 158 valence electrons. The number of benzene rings is 3. The summed E-state index contributed by atoms with van der Waals surface area (Å²) in [5.41, 5.74) is 5.78. The molecule has 31 heavy (non-hydrogen) atoms. The Labute approximate surface area is 187 Å². The molecule has 0 radical (unpaired) electrons. The molecule has 1 saturated heterocycles. The van der Waals surface area contributed by atoms with Gasteiger partial charge in [-0.25, -0.2) is 0 Å². The number of aryl methyl sites for hydroxylation is 2. The van der Waals surface area contributed by atoms with Crippen molar-refractivity contribution in [3.63, 3.8) is 0 Å². The molecular formula is C26H26N2O2S. The lowest BCUT2D eigenvalue weighted by atomic mass is 10.1. The second-order valence-corrected chi connectivity index (χ2v) is 8.65. The highest BCUT2D eigenvalue weighted by atomic mass is 32.2. The minimum atomic E-state index is -0.126. The number of hydrogen-bond donors (Lipinski definition) is 1. The second kappa shape index (κ2) is 9.40. The first-order chi connectivity index (χ1) is 15.1. The Morgan fingerprint density at radius 1 is 0.968 bits per heavy atom. The minimum absolute atomic E-state index is 0.0639. The molecule has 4 nitrogen and oxygen atoms in total. The monoisotopic (exact) mass is 430 g/mol. The van der Waals surface area contributed by atoms with Gasteiger partial charge in [0.05, 0.1) is 5.75 Å². The maximum atomic E-state index is 12.6. The van der Waals surface area contributed by atoms with E-state index in [0.717, 1.165) is 29.8 Å². The van der Waals surface area contributed by atoms with Crippen molar-refractivity contribution < 1.29 is 9.59 Å². The van der Waals surface area contributed by atoms with E-state index in [9.17, 15) is 9.59 Å². The topological polar surface area (TPSA) is 49.4 Å². The Morgan fingerprint density at radius 3 is 2.35 bits per heavy atom. The van der Waals surface area contributed by atoms with Crippen LogP contribution in [-0.2, 0) is 17.6 Å². The third kappa shape index (κ3) is 4.67. The van der Waals surface area contributed by atoms with E-state index in [-0.39, 0.29) is 17.2 Å². The summed E-state index contributed by atoms with van der Waals surface area (Å²) in [4.78, 5) is 27.0. The molecule has 1 aliphatic heterocycles. The molecule has 1 heterocycles. The lowest BCUT2D eigenvalue weighted by Gasteiger charge is -2.25. The zero-order valence-corrected chi connectivity index (χ0v) is 18.6. The molecule has 5 heteroatoms. The number of anilines is 2. The fraction of sp³-hybridized carbons (Fsp3) is 0.231. The van der Waals surface area contributed by atoms with Crippen LogP contribution in [0.25, 0.3) is 0 Å². The molecule has 3 aromatic rings. The number of carbonyl (C=O) groups excluding carboxylic acids is 2. The zero-order valence-electron chi connectivity index (χ0n) is 17.8. The van der Waals surface area contributed by atoms with Gasteiger partial charge in [0.25, 0.3) is 5.91 Å². The maximum absolute atomic E-state index is 12.6. The van der Waals surface area contributed by atoms with E-state index in [1.807, 2.05) is 65.6 Å². The summed E-state index contributed by atoms with van der Waals surface area (Å²) in [6.45, 7) is 4.21. The molecule has 4 rings (SSSR count). The van der Waals surface area contributed by atoms with Gasteiger partial charge in [0.15, 0.2) is 0 Å². The molecule has 0 bridgehead atoms. The average molecular weight is 431 g/mol. The second-order valence-electron chi connectivity index (χ2n) is 7.58. The Morgan fingerprint density at radius 2 is 1.68 bits per heavy atom. The van der Waals surface area contributed by atoms with Crippen molar-refractivity contribution in [2.24, 2.45) is 0 Å². The maximum Gasteiger partial charge on any atom is 0.255 e. The van der Waals surface area contributed by atoms with E-state index in [4.69, 9.17) is 0 Å². The van der Waals surface area contributed by atoms with Crippen LogP contribution in [0.15, 0.2) is 72.8 Å². The molecule has 1 N–H and O–H groups in total. The van der Waals surface area contributed by atoms with Gasteiger partial charge in [-0.05, 0) is 65.9 Å². The fourth-order valence-electron chi connectivity index (χ4n) is 3.70. The van der Waals surface area contributed by atoms with Crippen LogP contribution in [0.3, 0.4) is 0 Å². The van der Waals surface area contributed by atoms with Crippen LogP contribution in [-0.4, -0.2) is 17.6 Å². The van der Waals surface area contributed by atoms with Crippen molar-refractivity contribution in [3.8, 4) is 0 Å². The largest absolute Gasteiger partial charge is 0.322 e. The van der Waals surface area contributed by atoms with Crippen LogP contribution in [0, 0.1) is 0 Å². The molecule has 0 spiro atoms. The molecule has 3 aromatic carbocycles. The lowest BCUT2D eigenvalue weighted by Crippen LogP contribution is -2.27. The number of thioether (sulfide) groups is 1. The molecule has 0 aromatic heterocycles. The Kier molecular flexibility index (Phi) is 6.42. The first-order valence-corrected chi connectivity index (χ1v) is 11.7. The van der Waals surface area contributed by atoms with Crippen molar-refractivity contribution in [3.05, 3.63) is 95.1 Å². The third-order valence-corrected chi connectivity index (χ3v) is 6.76. The molecular weight excluding hydrogens is 404 g/mol. The number of amides is 2. The van der Waals surface area contributed by atoms with Crippen molar-refractivity contribution >= 4 is 35.0 Å². The molecule has 0 aliphatic carbocycles. The highest BCUT2D eigenvalue weighted by molar-refractivity contribution is 8.00. The first-order valence-electron chi connectivity index (χ1n) is 10.6. The van der Waals surface area contributed by atoms with Gasteiger partial charge in [0, 0.05) is 16.9 Å². The van der Waals surface area contributed by atoms with Crippen LogP contribution in [0.4, 0.5) is 11.4 Å². The van der Waals surface area contributed by atoms with E-state index in [2.05, 4.69) is 31.3 Å². The Balaban J connectivity index is 1.50. The highest BCUT2D eigenvalue weighted by Gasteiger charge is 2.34. The lowest BCUT2D eigenvalue weighted by molar-refractivity contribution is -0.115. The Bertz CT molecular complexity index is 1080. The quantitative estimate of drug-likeness (QED) is 0.534. The summed E-state index contributed by atoms with van der Waals surface area (Å²) >= 11 is 1.63. The summed E-state index contributed by atoms with van der Waals surface area (Å²) in [5, 5.41) is 2.89. The average Bonchev–Trinajstić information content (AvgIpc) is 3.21. The Hall–Kier alpha value is -3.05. The standard InChI is InChI=1S/C26H26N2O2S/c1-3-18-8-10-20(11-9-18)25(30)27-22-14-12-21(13-15-22)26-28(24(29)17-31-26)23-7-5-6-19(4-2)16-23/h5-16,26H,3-4,17H2,1-2H3,(H,27,30)/t26-/m1/s1. The van der Waals surface area contributed by atoms with E-state index < -0.39 is 0 Å². The summed E-state index contributed by atoms with van der Waals surface area (Å²) in [6.07, 6.45) is 1.88. The summed E-state index contributed by atoms with van der Waals surface area (Å²) < 4.78 is 0. The molecule has 2 amide bonds. The number of nitrogens with zero attached hydrogens (tertiary/aromatic N) is 1. The van der Waals surface area contributed by atoms with Crippen molar-refractivity contribution in [1.82, 2.24) is 0 Å². The molecule has 1 fully saturated rings. The van der Waals surface area contributed by atoms with Crippen molar-refractivity contribution in [2.45, 2.75) is 32.1 Å². The van der Waals surface area contributed by atoms with Crippen molar-refractivity contribution in [2.75, 3.05) is 16.0 Å². The van der Waals surface area contributed by atoms with Gasteiger partial charge in [0.2, 0.25) is 5.91 Å². The number of carbonyl (C=O) groups is 2. The normalized spacial score (nSPS) is 15.9. The number of hydrogen-bond acceptors (Lipinski definition) is 3. The van der Waals surface area contributed by atoms with E-state index in [1.165, 1.54) is 11.1 Å². The van der Waals surface area contributed by atoms with Crippen LogP contribution in [0.5, 0.6) is 0 Å². The van der Waals surface area contributed by atoms with Crippen LogP contribution in [0.2, 0.25) is 0 Å². The van der Waals surface area contributed by atoms with E-state index in [1.54, 1.807) is 11.8 Å². The predicted octanol–water partition coefficient (Wildman–Crippen LogP) is 5.84. The van der Waals surface area contributed by atoms with Gasteiger partial charge in [-0.15, -0.1) is 11.8 Å². The zero-order chi connectivity index (χ0) is 21.8. The summed E-state index contributed by atoms with van der Waals surface area (Å²) in [5.74, 6) is 0.461. The minimum Gasteiger partial charge on any atom is -0.322 e. The molecule has 0 saturated carbocycles. The summed E-state index contributed by atoms with van der Waals surface area (Å²) in [6, 6.07) is 23.6. The first kappa shape index (κ1) is 21.2. The van der Waals surface area contributed by atoms with E-state index >= 15 is 0 Å². The van der Waals surface area contributed by atoms with Crippen LogP contribution in [0.1, 0.15) is 46.3 Å². The molecule has 1 aliphatic rings. The predicted molar refractivity (Wildman–Crippen MR) is 129 cm³/mol. The van der Waals surface area contributed by atoms with Crippen LogP contribution >= 0.6 is 11.8 Å².